The number of esters is 1. The van der Waals surface area contributed by atoms with Crippen LogP contribution in [0, 0.1) is 6.92 Å². The molecule has 0 N–H and O–H groups in total. The molecule has 15 heavy (non-hydrogen) atoms. The van der Waals surface area contributed by atoms with E-state index in [1.807, 2.05) is 6.92 Å². The zero-order chi connectivity index (χ0) is 11.3. The van der Waals surface area contributed by atoms with Crippen molar-refractivity contribution >= 4 is 17.6 Å². The van der Waals surface area contributed by atoms with E-state index in [0.717, 1.165) is 12.8 Å². The monoisotopic (exact) mass is 228 g/mol. The summed E-state index contributed by atoms with van der Waals surface area (Å²) in [6.45, 7) is 4.16. The molecule has 0 radical (unpaired) electrons. The molecule has 0 spiro atoms. The summed E-state index contributed by atoms with van der Waals surface area (Å²) in [5.74, 6) is -0.391. The molecule has 82 valence electrons. The Kier molecular flexibility index (Phi) is 4.49. The second kappa shape index (κ2) is 5.66. The summed E-state index contributed by atoms with van der Waals surface area (Å²) < 4.78 is 5.03. The van der Waals surface area contributed by atoms with Gasteiger partial charge >= 0.3 is 5.97 Å². The van der Waals surface area contributed by atoms with Crippen LogP contribution in [0.5, 0.6) is 0 Å². The topological polar surface area (TPSA) is 52.1 Å². The van der Waals surface area contributed by atoms with Crippen LogP contribution < -0.4 is 0 Å². The minimum Gasteiger partial charge on any atom is -0.462 e. The van der Waals surface area contributed by atoms with Crippen LogP contribution in [-0.4, -0.2) is 22.5 Å². The molecule has 0 bridgehead atoms. The third-order valence-electron chi connectivity index (χ3n) is 1.90. The minimum atomic E-state index is -0.391. The highest BCUT2D eigenvalue weighted by atomic mass is 35.5. The van der Waals surface area contributed by atoms with Gasteiger partial charge in [-0.05, 0) is 24.9 Å². The van der Waals surface area contributed by atoms with Crippen molar-refractivity contribution in [2.45, 2.75) is 26.7 Å². The lowest BCUT2D eigenvalue weighted by atomic mass is 10.2. The molecule has 0 saturated heterocycles. The first kappa shape index (κ1) is 11.9. The summed E-state index contributed by atoms with van der Waals surface area (Å²) in [5.41, 5.74) is 0.909. The largest absolute Gasteiger partial charge is 0.462 e. The number of nitrogens with zero attached hydrogens (tertiary/aromatic N) is 2. The first-order valence-corrected chi connectivity index (χ1v) is 5.19. The van der Waals surface area contributed by atoms with Gasteiger partial charge in [-0.15, -0.1) is 0 Å². The Morgan fingerprint density at radius 3 is 2.93 bits per heavy atom. The first-order chi connectivity index (χ1) is 7.15. The highest BCUT2D eigenvalue weighted by molar-refractivity contribution is 6.28. The summed E-state index contributed by atoms with van der Waals surface area (Å²) >= 11 is 5.57. The fraction of sp³-hybridized carbons (Fsp3) is 0.500. The van der Waals surface area contributed by atoms with Crippen LogP contribution in [0.15, 0.2) is 6.20 Å². The third kappa shape index (κ3) is 3.47. The molecule has 4 nitrogen and oxygen atoms in total. The molecule has 0 fully saturated rings. The molecule has 0 aliphatic heterocycles. The van der Waals surface area contributed by atoms with Crippen molar-refractivity contribution < 1.29 is 9.53 Å². The van der Waals surface area contributed by atoms with E-state index in [1.54, 1.807) is 6.92 Å². The van der Waals surface area contributed by atoms with Crippen molar-refractivity contribution in [3.05, 3.63) is 22.7 Å². The van der Waals surface area contributed by atoms with E-state index < -0.39 is 5.97 Å². The predicted molar refractivity (Wildman–Crippen MR) is 57.0 cm³/mol. The molecule has 0 saturated carbocycles. The predicted octanol–water partition coefficient (Wildman–Crippen LogP) is 2.40. The number of hydrogen-bond donors (Lipinski definition) is 0. The molecule has 0 aromatic carbocycles. The van der Waals surface area contributed by atoms with Gasteiger partial charge in [0.1, 0.15) is 0 Å². The van der Waals surface area contributed by atoms with Gasteiger partial charge in [0, 0.05) is 6.20 Å². The van der Waals surface area contributed by atoms with Gasteiger partial charge in [-0.3, -0.25) is 0 Å². The fourth-order valence-electron chi connectivity index (χ4n) is 1.03. The Morgan fingerprint density at radius 2 is 2.33 bits per heavy atom. The second-order valence-electron chi connectivity index (χ2n) is 3.13. The molecule has 0 unspecified atom stereocenters. The van der Waals surface area contributed by atoms with Crippen molar-refractivity contribution in [1.29, 1.82) is 0 Å². The van der Waals surface area contributed by atoms with Crippen molar-refractivity contribution in [2.24, 2.45) is 0 Å². The average molecular weight is 229 g/mol. The van der Waals surface area contributed by atoms with Crippen LogP contribution in [0.3, 0.4) is 0 Å². The molecule has 0 aliphatic rings. The molecule has 0 atom stereocenters. The Bertz CT molecular complexity index is 355. The van der Waals surface area contributed by atoms with Crippen LogP contribution in [0.2, 0.25) is 5.28 Å². The van der Waals surface area contributed by atoms with Crippen LogP contribution in [0.1, 0.15) is 35.8 Å². The van der Waals surface area contributed by atoms with Gasteiger partial charge in [-0.2, -0.15) is 0 Å². The number of halogens is 1. The number of aromatic nitrogens is 2. The van der Waals surface area contributed by atoms with Crippen molar-refractivity contribution in [2.75, 3.05) is 6.61 Å². The van der Waals surface area contributed by atoms with Gasteiger partial charge in [0.25, 0.3) is 0 Å². The van der Waals surface area contributed by atoms with E-state index in [4.69, 9.17) is 16.3 Å². The van der Waals surface area contributed by atoms with Gasteiger partial charge in [-0.25, -0.2) is 14.8 Å². The maximum absolute atomic E-state index is 11.5. The maximum Gasteiger partial charge on any atom is 0.341 e. The summed E-state index contributed by atoms with van der Waals surface area (Å²) in [5, 5.41) is 0.137. The zero-order valence-electron chi connectivity index (χ0n) is 8.79. The number of carbonyl (C=O) groups excluding carboxylic acids is 1. The smallest absolute Gasteiger partial charge is 0.341 e. The Morgan fingerprint density at radius 1 is 1.60 bits per heavy atom. The van der Waals surface area contributed by atoms with Crippen molar-refractivity contribution in [3.8, 4) is 0 Å². The normalized spacial score (nSPS) is 10.1. The standard InChI is InChI=1S/C10H13ClN2O2/c1-3-4-5-15-9(14)8-6-12-10(11)13-7(8)2/h6H,3-5H2,1-2H3. The maximum atomic E-state index is 11.5. The number of hydrogen-bond acceptors (Lipinski definition) is 4. The number of unbranched alkanes of at least 4 members (excludes halogenated alkanes) is 1. The van der Waals surface area contributed by atoms with Crippen LogP contribution >= 0.6 is 11.6 Å². The second-order valence-corrected chi connectivity index (χ2v) is 3.47. The summed E-state index contributed by atoms with van der Waals surface area (Å²) in [4.78, 5) is 19.1. The van der Waals surface area contributed by atoms with E-state index in [9.17, 15) is 4.79 Å². The Labute approximate surface area is 93.6 Å². The average Bonchev–Trinajstić information content (AvgIpc) is 2.17. The third-order valence-corrected chi connectivity index (χ3v) is 2.08. The molecular weight excluding hydrogens is 216 g/mol. The van der Waals surface area contributed by atoms with Crippen LogP contribution in [0.4, 0.5) is 0 Å². The summed E-state index contributed by atoms with van der Waals surface area (Å²) in [6.07, 6.45) is 3.24. The lowest BCUT2D eigenvalue weighted by Gasteiger charge is -2.05. The molecule has 1 heterocycles. The number of rotatable bonds is 4. The molecule has 1 rings (SSSR count). The Hall–Kier alpha value is -1.16. The highest BCUT2D eigenvalue weighted by Crippen LogP contribution is 2.09. The molecule has 0 amide bonds. The SMILES string of the molecule is CCCCOC(=O)c1cnc(Cl)nc1C. The number of aryl methyl sites for hydroxylation is 1. The molecular formula is C10H13ClN2O2. The quantitative estimate of drug-likeness (QED) is 0.451. The van der Waals surface area contributed by atoms with Gasteiger partial charge in [0.05, 0.1) is 17.9 Å². The fourth-order valence-corrected chi connectivity index (χ4v) is 1.20. The van der Waals surface area contributed by atoms with Crippen LogP contribution in [0.25, 0.3) is 0 Å². The summed E-state index contributed by atoms with van der Waals surface area (Å²) in [6, 6.07) is 0. The highest BCUT2D eigenvalue weighted by Gasteiger charge is 2.12. The van der Waals surface area contributed by atoms with Crippen molar-refractivity contribution in [1.82, 2.24) is 9.97 Å². The molecule has 5 heteroatoms. The minimum absolute atomic E-state index is 0.137. The van der Waals surface area contributed by atoms with E-state index in [2.05, 4.69) is 9.97 Å². The van der Waals surface area contributed by atoms with Gasteiger partial charge in [0.15, 0.2) is 0 Å². The summed E-state index contributed by atoms with van der Waals surface area (Å²) in [7, 11) is 0. The van der Waals surface area contributed by atoms with Crippen LogP contribution in [-0.2, 0) is 4.74 Å². The zero-order valence-corrected chi connectivity index (χ0v) is 9.54. The van der Waals surface area contributed by atoms with Gasteiger partial charge in [0.2, 0.25) is 5.28 Å². The van der Waals surface area contributed by atoms with Gasteiger partial charge < -0.3 is 4.74 Å². The van der Waals surface area contributed by atoms with E-state index in [0.29, 0.717) is 17.9 Å². The van der Waals surface area contributed by atoms with Gasteiger partial charge in [-0.1, -0.05) is 13.3 Å². The lowest BCUT2D eigenvalue weighted by Crippen LogP contribution is -2.09. The molecule has 1 aromatic heterocycles. The number of carbonyl (C=O) groups is 1. The van der Waals surface area contributed by atoms with E-state index in [-0.39, 0.29) is 5.28 Å². The first-order valence-electron chi connectivity index (χ1n) is 4.81. The number of ether oxygens (including phenoxy) is 1. The molecule has 0 aliphatic carbocycles. The molecule has 1 aromatic rings. The van der Waals surface area contributed by atoms with E-state index >= 15 is 0 Å². The Balaban J connectivity index is 2.65. The van der Waals surface area contributed by atoms with E-state index in [1.165, 1.54) is 6.20 Å². The van der Waals surface area contributed by atoms with Crippen molar-refractivity contribution in [3.63, 3.8) is 0 Å². The lowest BCUT2D eigenvalue weighted by molar-refractivity contribution is 0.0498.